The summed E-state index contributed by atoms with van der Waals surface area (Å²) in [5.41, 5.74) is -0.930. The van der Waals surface area contributed by atoms with Gasteiger partial charge in [0, 0.05) is 5.92 Å². The number of esters is 1. The van der Waals surface area contributed by atoms with Crippen LogP contribution in [-0.4, -0.2) is 18.4 Å². The Bertz CT molecular complexity index is 399. The smallest absolute Gasteiger partial charge is 0.320 e. The molecule has 0 unspecified atom stereocenters. The van der Waals surface area contributed by atoms with Crippen molar-refractivity contribution < 1.29 is 14.3 Å². The van der Waals surface area contributed by atoms with Crippen molar-refractivity contribution in [2.45, 2.75) is 46.5 Å². The van der Waals surface area contributed by atoms with E-state index in [2.05, 4.69) is 6.08 Å². The lowest BCUT2D eigenvalue weighted by molar-refractivity contribution is -0.169. The zero-order valence-electron chi connectivity index (χ0n) is 12.1. The molecule has 1 saturated carbocycles. The second-order valence-corrected chi connectivity index (χ2v) is 5.94. The van der Waals surface area contributed by atoms with Crippen LogP contribution in [0.3, 0.4) is 0 Å². The van der Waals surface area contributed by atoms with Crippen LogP contribution in [0.15, 0.2) is 12.2 Å². The van der Waals surface area contributed by atoms with E-state index < -0.39 is 5.41 Å². The SMILES string of the molecule is CCOC(=O)[C@@]12C(=O)[C@H](C)CCC[C@@H]1CC=C[C@@H]2C. The van der Waals surface area contributed by atoms with E-state index in [1.807, 2.05) is 19.9 Å². The Kier molecular flexibility index (Phi) is 4.12. The molecule has 0 aromatic rings. The molecule has 0 bridgehead atoms. The molecule has 3 nitrogen and oxygen atoms in total. The average molecular weight is 264 g/mol. The molecular weight excluding hydrogens is 240 g/mol. The molecule has 106 valence electrons. The molecule has 0 radical (unpaired) electrons. The second-order valence-electron chi connectivity index (χ2n) is 5.94. The fourth-order valence-corrected chi connectivity index (χ4v) is 3.84. The van der Waals surface area contributed by atoms with Crippen molar-refractivity contribution in [1.82, 2.24) is 0 Å². The third kappa shape index (κ3) is 2.13. The highest BCUT2D eigenvalue weighted by molar-refractivity contribution is 6.06. The molecule has 4 atom stereocenters. The summed E-state index contributed by atoms with van der Waals surface area (Å²) in [5.74, 6) is -0.174. The van der Waals surface area contributed by atoms with Gasteiger partial charge < -0.3 is 4.74 Å². The van der Waals surface area contributed by atoms with Gasteiger partial charge in [0.15, 0.2) is 5.78 Å². The lowest BCUT2D eigenvalue weighted by Gasteiger charge is -2.42. The number of carbonyl (C=O) groups is 2. The molecule has 2 aliphatic carbocycles. The van der Waals surface area contributed by atoms with Crippen LogP contribution in [-0.2, 0) is 14.3 Å². The van der Waals surface area contributed by atoms with E-state index in [1.54, 1.807) is 6.92 Å². The molecule has 0 heterocycles. The molecule has 19 heavy (non-hydrogen) atoms. The van der Waals surface area contributed by atoms with E-state index >= 15 is 0 Å². The summed E-state index contributed by atoms with van der Waals surface area (Å²) in [6, 6.07) is 0. The topological polar surface area (TPSA) is 43.4 Å². The quantitative estimate of drug-likeness (QED) is 0.437. The lowest BCUT2D eigenvalue weighted by atomic mass is 9.59. The summed E-state index contributed by atoms with van der Waals surface area (Å²) < 4.78 is 5.29. The zero-order chi connectivity index (χ0) is 14.0. The molecule has 3 heteroatoms. The fraction of sp³-hybridized carbons (Fsp3) is 0.750. The van der Waals surface area contributed by atoms with Crippen molar-refractivity contribution in [2.75, 3.05) is 6.61 Å². The van der Waals surface area contributed by atoms with Gasteiger partial charge in [0.25, 0.3) is 0 Å². The molecule has 0 aliphatic heterocycles. The van der Waals surface area contributed by atoms with Gasteiger partial charge in [0.2, 0.25) is 0 Å². The summed E-state index contributed by atoms with van der Waals surface area (Å²) in [4.78, 5) is 25.5. The Hall–Kier alpha value is -1.12. The van der Waals surface area contributed by atoms with Gasteiger partial charge in [-0.15, -0.1) is 0 Å². The Morgan fingerprint density at radius 3 is 2.84 bits per heavy atom. The van der Waals surface area contributed by atoms with Gasteiger partial charge in [0.1, 0.15) is 5.41 Å². The van der Waals surface area contributed by atoms with Gasteiger partial charge in [-0.3, -0.25) is 9.59 Å². The van der Waals surface area contributed by atoms with Crippen LogP contribution in [0.1, 0.15) is 46.5 Å². The highest BCUT2D eigenvalue weighted by Crippen LogP contribution is 2.50. The van der Waals surface area contributed by atoms with Crippen molar-refractivity contribution in [2.24, 2.45) is 23.2 Å². The molecule has 0 aromatic carbocycles. The molecule has 2 rings (SSSR count). The minimum Gasteiger partial charge on any atom is -0.465 e. The van der Waals surface area contributed by atoms with Crippen LogP contribution in [0.2, 0.25) is 0 Å². The second kappa shape index (κ2) is 5.48. The minimum atomic E-state index is -0.930. The van der Waals surface area contributed by atoms with Crippen LogP contribution in [0.5, 0.6) is 0 Å². The van der Waals surface area contributed by atoms with Crippen molar-refractivity contribution in [3.8, 4) is 0 Å². The number of hydrogen-bond acceptors (Lipinski definition) is 3. The van der Waals surface area contributed by atoms with Gasteiger partial charge >= 0.3 is 5.97 Å². The van der Waals surface area contributed by atoms with E-state index in [0.29, 0.717) is 6.61 Å². The number of ketones is 1. The lowest BCUT2D eigenvalue weighted by Crippen LogP contribution is -2.53. The summed E-state index contributed by atoms with van der Waals surface area (Å²) in [6.07, 6.45) is 7.83. The van der Waals surface area contributed by atoms with Crippen molar-refractivity contribution in [3.63, 3.8) is 0 Å². The Labute approximate surface area is 115 Å². The standard InChI is InChI=1S/C16H24O3/c1-4-19-15(18)16-12(3)8-6-10-13(16)9-5-7-11(2)14(16)17/h6,8,11-13H,4-5,7,9-10H2,1-3H3/t11-,12+,13-,16-/m1/s1. The third-order valence-corrected chi connectivity index (χ3v) is 4.87. The Morgan fingerprint density at radius 1 is 1.42 bits per heavy atom. The summed E-state index contributed by atoms with van der Waals surface area (Å²) in [6.45, 7) is 6.08. The maximum absolute atomic E-state index is 12.9. The maximum Gasteiger partial charge on any atom is 0.320 e. The number of hydrogen-bond donors (Lipinski definition) is 0. The van der Waals surface area contributed by atoms with Gasteiger partial charge in [-0.05, 0) is 38.0 Å². The average Bonchev–Trinajstić information content (AvgIpc) is 2.50. The maximum atomic E-state index is 12.9. The first-order valence-corrected chi connectivity index (χ1v) is 7.43. The zero-order valence-corrected chi connectivity index (χ0v) is 12.1. The van der Waals surface area contributed by atoms with Gasteiger partial charge in [-0.25, -0.2) is 0 Å². The molecule has 0 saturated heterocycles. The number of carbonyl (C=O) groups excluding carboxylic acids is 2. The van der Waals surface area contributed by atoms with Crippen LogP contribution < -0.4 is 0 Å². The van der Waals surface area contributed by atoms with Crippen LogP contribution in [0.25, 0.3) is 0 Å². The highest BCUT2D eigenvalue weighted by Gasteiger charge is 2.58. The molecule has 0 N–H and O–H groups in total. The van der Waals surface area contributed by atoms with Crippen LogP contribution in [0.4, 0.5) is 0 Å². The molecular formula is C16H24O3. The molecule has 0 spiro atoms. The van der Waals surface area contributed by atoms with E-state index in [-0.39, 0.29) is 29.5 Å². The van der Waals surface area contributed by atoms with E-state index in [4.69, 9.17) is 4.74 Å². The Morgan fingerprint density at radius 2 is 2.16 bits per heavy atom. The Balaban J connectivity index is 2.50. The fourth-order valence-electron chi connectivity index (χ4n) is 3.84. The van der Waals surface area contributed by atoms with E-state index in [0.717, 1.165) is 25.7 Å². The number of allylic oxidation sites excluding steroid dienone is 2. The van der Waals surface area contributed by atoms with Gasteiger partial charge in [0.05, 0.1) is 6.61 Å². The number of Topliss-reactive ketones (excluding diaryl/α,β-unsaturated/α-hetero) is 1. The summed E-state index contributed by atoms with van der Waals surface area (Å²) in [5, 5.41) is 0. The largest absolute Gasteiger partial charge is 0.465 e. The normalized spacial score (nSPS) is 38.5. The predicted molar refractivity (Wildman–Crippen MR) is 73.5 cm³/mol. The first-order valence-electron chi connectivity index (χ1n) is 7.43. The first-order chi connectivity index (χ1) is 9.05. The highest BCUT2D eigenvalue weighted by atomic mass is 16.5. The monoisotopic (exact) mass is 264 g/mol. The molecule has 0 amide bonds. The van der Waals surface area contributed by atoms with Gasteiger partial charge in [-0.2, -0.15) is 0 Å². The number of fused-ring (bicyclic) bond motifs is 1. The number of rotatable bonds is 2. The van der Waals surface area contributed by atoms with Crippen LogP contribution in [0, 0.1) is 23.2 Å². The van der Waals surface area contributed by atoms with E-state index in [9.17, 15) is 9.59 Å². The first kappa shape index (κ1) is 14.3. The van der Waals surface area contributed by atoms with Gasteiger partial charge in [-0.1, -0.05) is 32.4 Å². The summed E-state index contributed by atoms with van der Waals surface area (Å²) in [7, 11) is 0. The minimum absolute atomic E-state index is 0.0386. The summed E-state index contributed by atoms with van der Waals surface area (Å²) >= 11 is 0. The predicted octanol–water partition coefficient (Wildman–Crippen LogP) is 3.14. The van der Waals surface area contributed by atoms with Crippen molar-refractivity contribution in [1.29, 1.82) is 0 Å². The molecule has 1 fully saturated rings. The third-order valence-electron chi connectivity index (χ3n) is 4.87. The molecule has 0 aromatic heterocycles. The number of ether oxygens (including phenoxy) is 1. The molecule has 2 aliphatic rings. The van der Waals surface area contributed by atoms with Crippen molar-refractivity contribution >= 4 is 11.8 Å². The van der Waals surface area contributed by atoms with Crippen LogP contribution >= 0.6 is 0 Å². The van der Waals surface area contributed by atoms with Crippen molar-refractivity contribution in [3.05, 3.63) is 12.2 Å². The van der Waals surface area contributed by atoms with E-state index in [1.165, 1.54) is 0 Å².